The second-order valence-electron chi connectivity index (χ2n) is 3.00. The molecule has 0 heterocycles. The quantitative estimate of drug-likeness (QED) is 0.391. The molecule has 0 saturated heterocycles. The Morgan fingerprint density at radius 1 is 1.25 bits per heavy atom. The Morgan fingerprint density at radius 2 is 1.75 bits per heavy atom. The van der Waals surface area contributed by atoms with E-state index in [1.165, 1.54) is 0 Å². The van der Waals surface area contributed by atoms with E-state index < -0.39 is 8.80 Å². The summed E-state index contributed by atoms with van der Waals surface area (Å²) in [6, 6.07) is 0.640. The molecule has 0 aromatic rings. The third kappa shape index (κ3) is 5.45. The molecule has 16 heavy (non-hydrogen) atoms. The average Bonchev–Trinajstić information content (AvgIpc) is 2.25. The summed E-state index contributed by atoms with van der Waals surface area (Å²) < 4.78 is 15.7. The van der Waals surface area contributed by atoms with E-state index in [0.29, 0.717) is 25.4 Å². The van der Waals surface area contributed by atoms with Gasteiger partial charge in [-0.2, -0.15) is 0 Å². The van der Waals surface area contributed by atoms with Crippen LogP contribution in [0.25, 0.3) is 0 Å². The molecule has 0 rings (SSSR count). The van der Waals surface area contributed by atoms with Crippen molar-refractivity contribution in [1.82, 2.24) is 5.32 Å². The molecule has 92 valence electrons. The first-order chi connectivity index (χ1) is 7.14. The molecule has 0 atom stereocenters. The van der Waals surface area contributed by atoms with Crippen LogP contribution in [0.1, 0.15) is 12.8 Å². The summed E-state index contributed by atoms with van der Waals surface area (Å²) in [6.07, 6.45) is 1.13. The van der Waals surface area contributed by atoms with Gasteiger partial charge in [-0.15, -0.1) is 6.54 Å². The molecule has 0 aliphatic carbocycles. The Hall–Kier alpha value is -1.43. The van der Waals surface area contributed by atoms with Crippen LogP contribution < -0.4 is 5.32 Å². The van der Waals surface area contributed by atoms with Gasteiger partial charge in [-0.1, -0.05) is 0 Å². The summed E-state index contributed by atoms with van der Waals surface area (Å²) in [5, 5.41) is 2.63. The van der Waals surface area contributed by atoms with E-state index in [9.17, 15) is 4.79 Å². The van der Waals surface area contributed by atoms with Gasteiger partial charge in [-0.05, 0) is 6.42 Å². The van der Waals surface area contributed by atoms with Crippen LogP contribution in [0.2, 0.25) is 6.04 Å². The van der Waals surface area contributed by atoms with E-state index in [1.807, 2.05) is 0 Å². The van der Waals surface area contributed by atoms with Gasteiger partial charge in [0.15, 0.2) is 0 Å². The van der Waals surface area contributed by atoms with Crippen molar-refractivity contribution in [3.8, 4) is 0 Å². The van der Waals surface area contributed by atoms with Crippen LogP contribution in [0.3, 0.4) is 0 Å². The topological polar surface area (TPSA) is 56.8 Å². The van der Waals surface area contributed by atoms with E-state index >= 15 is 0 Å². The Balaban J connectivity index is 0. The first-order valence-electron chi connectivity index (χ1n) is 4.85. The van der Waals surface area contributed by atoms with Gasteiger partial charge in [-0.3, -0.25) is 4.79 Å². The molecule has 0 fully saturated rings. The van der Waals surface area contributed by atoms with E-state index in [4.69, 9.17) is 13.3 Å². The fourth-order valence-corrected chi connectivity index (χ4v) is 2.97. The summed E-state index contributed by atoms with van der Waals surface area (Å²) in [7, 11) is 2.19. The molecule has 0 spiro atoms. The summed E-state index contributed by atoms with van der Waals surface area (Å²) >= 11 is 0. The number of carbonyl (C=O) groups is 1. The van der Waals surface area contributed by atoms with Gasteiger partial charge in [0, 0.05) is 33.8 Å². The van der Waals surface area contributed by atoms with Gasteiger partial charge < -0.3 is 25.5 Å². The van der Waals surface area contributed by atoms with Crippen LogP contribution in [-0.2, 0) is 18.1 Å². The SMILES string of the molecule is [CH2-]CNC(=O)CCC[Si](OC)(OC)OC.[Rf]. The van der Waals surface area contributed by atoms with E-state index in [1.54, 1.807) is 21.3 Å². The standard InChI is InChI=1S/C9H20NO4Si.Rf/c1-5-10-9(11)7-6-8-15(12-2,13-3)14-4;/h1,5-8H2,2-4H3,(H,10,11);/q-1;. The third-order valence-corrected chi connectivity index (χ3v) is 4.97. The number of hydrogen-bond acceptors (Lipinski definition) is 4. The van der Waals surface area contributed by atoms with Crippen LogP contribution in [0.5, 0.6) is 0 Å². The predicted molar refractivity (Wildman–Crippen MR) is 59.2 cm³/mol. The van der Waals surface area contributed by atoms with Crippen LogP contribution in [0, 0.1) is 6.92 Å². The second-order valence-corrected chi connectivity index (χ2v) is 6.09. The van der Waals surface area contributed by atoms with Crippen molar-refractivity contribution in [3.63, 3.8) is 0 Å². The minimum absolute atomic E-state index is 0. The van der Waals surface area contributed by atoms with Crippen molar-refractivity contribution in [2.75, 3.05) is 27.9 Å². The molecule has 0 bridgehead atoms. The zero-order valence-corrected chi connectivity index (χ0v) is 17.8. The molecule has 0 aromatic carbocycles. The maximum atomic E-state index is 11.1. The molecule has 0 aliphatic rings. The smallest absolute Gasteiger partial charge is 0.386 e. The fourth-order valence-electron chi connectivity index (χ4n) is 1.25. The second kappa shape index (κ2) is 8.84. The molecule has 0 aliphatic heterocycles. The largest absolute Gasteiger partial charge is 0.500 e. The van der Waals surface area contributed by atoms with E-state index in [0.717, 1.165) is 0 Å². The molecule has 0 radical (unpaired) electrons. The minimum atomic E-state index is -2.50. The Morgan fingerprint density at radius 3 is 2.12 bits per heavy atom. The summed E-state index contributed by atoms with van der Waals surface area (Å²) in [5.41, 5.74) is 0. The molecule has 1 N–H and O–H groups in total. The van der Waals surface area contributed by atoms with Crippen molar-refractivity contribution >= 4 is 14.7 Å². The van der Waals surface area contributed by atoms with Gasteiger partial charge in [0.25, 0.3) is 0 Å². The van der Waals surface area contributed by atoms with Crippen molar-refractivity contribution < 1.29 is 18.1 Å². The summed E-state index contributed by atoms with van der Waals surface area (Å²) in [5.74, 6) is -0.00351. The molecule has 0 aromatic heterocycles. The first kappa shape index (κ1) is 17.0. The predicted octanol–water partition coefficient (Wildman–Crippen LogP) is 0.595. The number of carbonyl (C=O) groups excluding carboxylic acids is 1. The molecule has 5 nitrogen and oxygen atoms in total. The number of nitrogens with one attached hydrogen (secondary N) is 1. The van der Waals surface area contributed by atoms with Gasteiger partial charge in [-0.25, -0.2) is 0 Å². The van der Waals surface area contributed by atoms with Gasteiger partial charge >= 0.3 is 8.80 Å². The Labute approximate surface area is 92.5 Å². The molecular weight excluding hydrogens is 481 g/mol. The maximum absolute atomic E-state index is 11.1. The van der Waals surface area contributed by atoms with Crippen molar-refractivity contribution in [2.45, 2.75) is 18.9 Å². The van der Waals surface area contributed by atoms with Crippen LogP contribution in [0.15, 0.2) is 0 Å². The number of rotatable bonds is 8. The fraction of sp³-hybridized carbons (Fsp3) is 0.778. The van der Waals surface area contributed by atoms with Crippen molar-refractivity contribution in [3.05, 3.63) is 6.92 Å². The normalized spacial score (nSPS) is 10.8. The summed E-state index contributed by atoms with van der Waals surface area (Å²) in [6.45, 7) is 3.95. The average molecular weight is 501 g/mol. The maximum Gasteiger partial charge on any atom is 0.500 e. The molecule has 1 amide bonds. The summed E-state index contributed by atoms with van der Waals surface area (Å²) in [4.78, 5) is 11.1. The van der Waals surface area contributed by atoms with Gasteiger partial charge in [0.05, 0.1) is 0 Å². The molecule has 7 heteroatoms. The minimum Gasteiger partial charge on any atom is -0.386 e. The van der Waals surface area contributed by atoms with Crippen LogP contribution >= 0.6 is 0 Å². The van der Waals surface area contributed by atoms with Gasteiger partial charge in [0.2, 0.25) is 5.91 Å². The number of hydrogen-bond donors (Lipinski definition) is 1. The Bertz CT molecular complexity index is 182. The number of amides is 1. The third-order valence-electron chi connectivity index (χ3n) is 2.14. The van der Waals surface area contributed by atoms with Gasteiger partial charge in [0.1, 0.15) is 0 Å². The monoisotopic (exact) mass is 501 g/mol. The molecule has 0 saturated carbocycles. The zero-order valence-electron chi connectivity index (χ0n) is 10.4. The van der Waals surface area contributed by atoms with E-state index in [-0.39, 0.29) is 5.91 Å². The van der Waals surface area contributed by atoms with Crippen molar-refractivity contribution in [1.29, 1.82) is 0 Å². The Kier molecular flexibility index (Phi) is 9.38. The van der Waals surface area contributed by atoms with E-state index in [2.05, 4.69) is 12.2 Å². The molecular formula is C9H20NO4RfSi-. The van der Waals surface area contributed by atoms with Crippen LogP contribution in [0.4, 0.5) is 0 Å². The first-order valence-corrected chi connectivity index (χ1v) is 6.78. The van der Waals surface area contributed by atoms with Crippen molar-refractivity contribution in [2.24, 2.45) is 0 Å². The zero-order chi connectivity index (χ0) is 11.7. The van der Waals surface area contributed by atoms with Crippen LogP contribution in [-0.4, -0.2) is 42.6 Å². The molecule has 0 unspecified atom stereocenters.